The molecule has 1 heterocycles. The van der Waals surface area contributed by atoms with Crippen molar-refractivity contribution in [3.8, 4) is 34.1 Å². The third-order valence-electron chi connectivity index (χ3n) is 12.8. The number of aliphatic hydroxyl groups is 2. The van der Waals surface area contributed by atoms with Gasteiger partial charge in [0.25, 0.3) is 0 Å². The van der Waals surface area contributed by atoms with Crippen LogP contribution < -0.4 is 14.2 Å². The number of methoxy groups -OCH3 is 1. The smallest absolute Gasteiger partial charge is 0.239 e. The van der Waals surface area contributed by atoms with Crippen molar-refractivity contribution in [3.05, 3.63) is 132 Å². The highest BCUT2D eigenvalue weighted by atomic mass is 16.7. The summed E-state index contributed by atoms with van der Waals surface area (Å²) in [5.41, 5.74) is 5.88. The molecule has 6 atom stereocenters. The molecule has 7 rings (SSSR count). The molecule has 1 amide bonds. The van der Waals surface area contributed by atoms with E-state index in [1.165, 1.54) is 0 Å². The molecule has 0 saturated heterocycles. The standard InChI is InChI=1S/C53H64N2O8/c1-5-28-55(50(58)33-37-16-15-20-42(32-37)59-4)49-36-47(54-61-7-3)45-34-40(19-11-13-29-56)44(21-12-14-30-57)51-46-35-43(26-27-48(46)63-53(49,52(45)51)60-31-6-2)62-41-24-22-39(23-25-41)38-17-9-8-10-18-38/h6,8-10,15-18,20,22-27,32,34-35,40,44,49,51-52,56-57H,2,5,7,11-14,19,21,28-31,33,36H2,1,3-4H3/t40-,44+,49-,51+,52+,53+/m0/s1. The van der Waals surface area contributed by atoms with Crippen LogP contribution in [0.4, 0.5) is 0 Å². The molecule has 0 bridgehead atoms. The summed E-state index contributed by atoms with van der Waals surface area (Å²) in [5, 5.41) is 24.8. The number of benzene rings is 4. The van der Waals surface area contributed by atoms with Crippen molar-refractivity contribution in [1.82, 2.24) is 4.90 Å². The highest BCUT2D eigenvalue weighted by Gasteiger charge is 2.65. The van der Waals surface area contributed by atoms with Crippen molar-refractivity contribution in [2.45, 2.75) is 89.4 Å². The Morgan fingerprint density at radius 1 is 0.889 bits per heavy atom. The first-order valence-corrected chi connectivity index (χ1v) is 22.8. The van der Waals surface area contributed by atoms with Crippen LogP contribution in [0.25, 0.3) is 11.1 Å². The van der Waals surface area contributed by atoms with E-state index in [1.54, 1.807) is 13.2 Å². The number of nitrogens with zero attached hydrogens (tertiary/aromatic N) is 2. The summed E-state index contributed by atoms with van der Waals surface area (Å²) < 4.78 is 26.7. The number of ether oxygens (including phenoxy) is 4. The molecule has 0 aromatic heterocycles. The minimum atomic E-state index is -1.33. The Morgan fingerprint density at radius 2 is 1.63 bits per heavy atom. The van der Waals surface area contributed by atoms with Crippen LogP contribution >= 0.6 is 0 Å². The Bertz CT molecular complexity index is 2190. The second-order valence-corrected chi connectivity index (χ2v) is 16.8. The quantitative estimate of drug-likeness (QED) is 0.0456. The second-order valence-electron chi connectivity index (χ2n) is 16.8. The Hall–Kier alpha value is -5.42. The average Bonchev–Trinajstić information content (AvgIpc) is 3.31. The zero-order valence-corrected chi connectivity index (χ0v) is 37.1. The zero-order valence-electron chi connectivity index (χ0n) is 37.1. The summed E-state index contributed by atoms with van der Waals surface area (Å²) in [5.74, 6) is 1.05. The maximum Gasteiger partial charge on any atom is 0.239 e. The SMILES string of the molecule is C=CCO[C@@]12Oc3ccc(Oc4ccc(-c5ccccc5)cc4)cc3[C@H]3[C@H](CCCCO)[C@@H](CCCCO)C=C(C(=NOCC)C[C@@H]1N(CCC)C(=O)Cc1cccc(OC)c1)[C@H]32. The van der Waals surface area contributed by atoms with Crippen molar-refractivity contribution in [3.63, 3.8) is 0 Å². The van der Waals surface area contributed by atoms with E-state index in [0.717, 1.165) is 59.2 Å². The fourth-order valence-electron chi connectivity index (χ4n) is 10.1. The van der Waals surface area contributed by atoms with Crippen LogP contribution in [0.3, 0.4) is 0 Å². The minimum Gasteiger partial charge on any atom is -0.497 e. The van der Waals surface area contributed by atoms with Gasteiger partial charge in [0, 0.05) is 37.7 Å². The molecular weight excluding hydrogens is 793 g/mol. The molecule has 4 aromatic rings. The van der Waals surface area contributed by atoms with Crippen LogP contribution in [0.15, 0.2) is 127 Å². The van der Waals surface area contributed by atoms with Crippen molar-refractivity contribution in [2.24, 2.45) is 22.9 Å². The Labute approximate surface area is 373 Å². The van der Waals surface area contributed by atoms with E-state index < -0.39 is 17.7 Å². The second kappa shape index (κ2) is 21.8. The van der Waals surface area contributed by atoms with Gasteiger partial charge in [-0.2, -0.15) is 0 Å². The normalized spacial score (nSPS) is 22.8. The molecule has 2 aliphatic carbocycles. The average molecular weight is 857 g/mol. The first-order chi connectivity index (χ1) is 30.9. The summed E-state index contributed by atoms with van der Waals surface area (Å²) in [4.78, 5) is 22.7. The van der Waals surface area contributed by atoms with Crippen molar-refractivity contribution in [2.75, 3.05) is 40.1 Å². The van der Waals surface area contributed by atoms with Crippen LogP contribution in [0.2, 0.25) is 0 Å². The van der Waals surface area contributed by atoms with Gasteiger partial charge in [0.05, 0.1) is 31.8 Å². The number of amides is 1. The Morgan fingerprint density at radius 3 is 2.35 bits per heavy atom. The molecule has 10 heteroatoms. The number of carbonyl (C=O) groups excluding carboxylic acids is 1. The van der Waals surface area contributed by atoms with Gasteiger partial charge < -0.3 is 38.9 Å². The van der Waals surface area contributed by atoms with E-state index in [9.17, 15) is 15.0 Å². The van der Waals surface area contributed by atoms with E-state index in [-0.39, 0.29) is 49.9 Å². The Balaban J connectivity index is 1.38. The number of oxime groups is 1. The number of unbranched alkanes of at least 4 members (excludes halogenated alkanes) is 2. The number of rotatable bonds is 22. The Kier molecular flexibility index (Phi) is 15.8. The molecule has 3 aliphatic rings. The van der Waals surface area contributed by atoms with Crippen LogP contribution in [0.5, 0.6) is 23.0 Å². The van der Waals surface area contributed by atoms with Gasteiger partial charge in [0.1, 0.15) is 35.6 Å². The monoisotopic (exact) mass is 856 g/mol. The highest BCUT2D eigenvalue weighted by molar-refractivity contribution is 6.03. The maximum absolute atomic E-state index is 14.9. The van der Waals surface area contributed by atoms with Gasteiger partial charge in [-0.15, -0.1) is 6.58 Å². The van der Waals surface area contributed by atoms with Crippen LogP contribution in [-0.4, -0.2) is 78.6 Å². The zero-order chi connectivity index (χ0) is 44.2. The molecule has 334 valence electrons. The fourth-order valence-corrected chi connectivity index (χ4v) is 10.1. The predicted molar refractivity (Wildman–Crippen MR) is 247 cm³/mol. The minimum absolute atomic E-state index is 0.0509. The first kappa shape index (κ1) is 45.6. The van der Waals surface area contributed by atoms with Gasteiger partial charge >= 0.3 is 0 Å². The topological polar surface area (TPSA) is 119 Å². The van der Waals surface area contributed by atoms with Crippen molar-refractivity contribution >= 4 is 11.6 Å². The molecule has 4 aromatic carbocycles. The van der Waals surface area contributed by atoms with Gasteiger partial charge in [-0.1, -0.05) is 91.7 Å². The third-order valence-corrected chi connectivity index (χ3v) is 12.8. The molecule has 0 spiro atoms. The fraction of sp³-hybridized carbons (Fsp3) is 0.434. The van der Waals surface area contributed by atoms with Gasteiger partial charge in [-0.3, -0.25) is 4.79 Å². The summed E-state index contributed by atoms with van der Waals surface area (Å²) >= 11 is 0. The number of fused-ring (bicyclic) bond motifs is 2. The molecule has 1 fully saturated rings. The highest BCUT2D eigenvalue weighted by Crippen LogP contribution is 2.62. The van der Waals surface area contributed by atoms with E-state index >= 15 is 0 Å². The van der Waals surface area contributed by atoms with Crippen molar-refractivity contribution < 1.29 is 38.8 Å². The molecule has 1 saturated carbocycles. The molecule has 0 radical (unpaired) electrons. The number of carbonyl (C=O) groups is 1. The summed E-state index contributed by atoms with van der Waals surface area (Å²) in [6, 6.07) is 31.5. The predicted octanol–water partition coefficient (Wildman–Crippen LogP) is 10.3. The molecule has 10 nitrogen and oxygen atoms in total. The van der Waals surface area contributed by atoms with E-state index in [2.05, 4.69) is 49.9 Å². The lowest BCUT2D eigenvalue weighted by Gasteiger charge is -2.60. The lowest BCUT2D eigenvalue weighted by molar-refractivity contribution is -0.257. The molecule has 0 unspecified atom stereocenters. The van der Waals surface area contributed by atoms with Crippen LogP contribution in [0.1, 0.15) is 82.3 Å². The van der Waals surface area contributed by atoms with Gasteiger partial charge in [-0.25, -0.2) is 0 Å². The van der Waals surface area contributed by atoms with Gasteiger partial charge in [-0.05, 0) is 116 Å². The summed E-state index contributed by atoms with van der Waals surface area (Å²) in [7, 11) is 1.63. The molecule has 2 N–H and O–H groups in total. The summed E-state index contributed by atoms with van der Waals surface area (Å²) in [6.07, 6.45) is 10.1. The number of allylic oxidation sites excluding steroid dienone is 1. The lowest BCUT2D eigenvalue weighted by Crippen LogP contribution is -2.70. The number of hydrogen-bond donors (Lipinski definition) is 2. The largest absolute Gasteiger partial charge is 0.497 e. The van der Waals surface area contributed by atoms with E-state index in [1.807, 2.05) is 78.6 Å². The molecule has 1 aliphatic heterocycles. The number of aliphatic hydroxyl groups excluding tert-OH is 2. The van der Waals surface area contributed by atoms with Gasteiger partial charge in [0.15, 0.2) is 0 Å². The maximum atomic E-state index is 14.9. The third kappa shape index (κ3) is 10.2. The molecule has 63 heavy (non-hydrogen) atoms. The van der Waals surface area contributed by atoms with Gasteiger partial charge in [0.2, 0.25) is 11.7 Å². The lowest BCUT2D eigenvalue weighted by atomic mass is 9.55. The van der Waals surface area contributed by atoms with Crippen molar-refractivity contribution in [1.29, 1.82) is 0 Å². The number of hydrogen-bond acceptors (Lipinski definition) is 9. The summed E-state index contributed by atoms with van der Waals surface area (Å²) in [6.45, 7) is 9.36. The first-order valence-electron chi connectivity index (χ1n) is 22.8. The van der Waals surface area contributed by atoms with E-state index in [0.29, 0.717) is 61.8 Å². The van der Waals surface area contributed by atoms with Crippen LogP contribution in [-0.2, 0) is 20.8 Å². The molecular formula is C53H64N2O8. The van der Waals surface area contributed by atoms with Crippen LogP contribution in [0, 0.1) is 17.8 Å². The van der Waals surface area contributed by atoms with E-state index in [4.69, 9.17) is 28.9 Å².